The normalized spacial score (nSPS) is 18.4. The molecule has 0 radical (unpaired) electrons. The maximum Gasteiger partial charge on any atom is 0.271 e. The van der Waals surface area contributed by atoms with E-state index >= 15 is 0 Å². The Kier molecular flexibility index (Phi) is 4.47. The fourth-order valence-electron chi connectivity index (χ4n) is 2.17. The highest BCUT2D eigenvalue weighted by atomic mass is 35.5. The fourth-order valence-corrected chi connectivity index (χ4v) is 2.58. The van der Waals surface area contributed by atoms with Crippen LogP contribution in [0.1, 0.15) is 16.8 Å². The van der Waals surface area contributed by atoms with Crippen LogP contribution in [0.2, 0.25) is 10.0 Å². The van der Waals surface area contributed by atoms with E-state index in [4.69, 9.17) is 28.3 Å². The van der Waals surface area contributed by atoms with Crippen molar-refractivity contribution in [2.75, 3.05) is 19.7 Å². The first kappa shape index (κ1) is 15.0. The molecule has 1 unspecified atom stereocenters. The molecule has 2 rings (SSSR count). The lowest BCUT2D eigenvalue weighted by Gasteiger charge is -2.17. The summed E-state index contributed by atoms with van der Waals surface area (Å²) in [6.07, 6.45) is 0.697. The third-order valence-corrected chi connectivity index (χ3v) is 4.09. The number of hydrogen-bond acceptors (Lipinski definition) is 4. The molecule has 0 aromatic heterocycles. The number of non-ortho nitro benzene ring substituents is 1. The van der Waals surface area contributed by atoms with Gasteiger partial charge in [-0.25, -0.2) is 0 Å². The number of halogens is 2. The number of amides is 1. The molecule has 108 valence electrons. The molecule has 1 heterocycles. The molecule has 1 amide bonds. The first-order valence-electron chi connectivity index (χ1n) is 5.97. The van der Waals surface area contributed by atoms with E-state index in [1.165, 1.54) is 4.90 Å². The van der Waals surface area contributed by atoms with E-state index < -0.39 is 10.8 Å². The zero-order valence-corrected chi connectivity index (χ0v) is 11.9. The van der Waals surface area contributed by atoms with Crippen molar-refractivity contribution < 1.29 is 14.8 Å². The number of carbonyl (C=O) groups is 1. The van der Waals surface area contributed by atoms with Gasteiger partial charge in [-0.05, 0) is 6.42 Å². The summed E-state index contributed by atoms with van der Waals surface area (Å²) in [5.41, 5.74) is -0.259. The molecule has 8 heteroatoms. The van der Waals surface area contributed by atoms with Crippen LogP contribution >= 0.6 is 23.2 Å². The number of rotatable bonds is 3. The van der Waals surface area contributed by atoms with Gasteiger partial charge in [-0.3, -0.25) is 14.9 Å². The Bertz CT molecular complexity index is 565. The van der Waals surface area contributed by atoms with Crippen LogP contribution < -0.4 is 0 Å². The highest BCUT2D eigenvalue weighted by molar-refractivity contribution is 6.44. The van der Waals surface area contributed by atoms with Gasteiger partial charge in [0.1, 0.15) is 0 Å². The number of nitro groups is 1. The zero-order chi connectivity index (χ0) is 14.9. The molecule has 1 N–H and O–H groups in total. The molecule has 1 aliphatic heterocycles. The van der Waals surface area contributed by atoms with Crippen molar-refractivity contribution in [3.63, 3.8) is 0 Å². The predicted molar refractivity (Wildman–Crippen MR) is 74.2 cm³/mol. The average Bonchev–Trinajstić information content (AvgIpc) is 2.89. The lowest BCUT2D eigenvalue weighted by Crippen LogP contribution is -2.29. The molecule has 1 saturated heterocycles. The highest BCUT2D eigenvalue weighted by Crippen LogP contribution is 2.32. The van der Waals surface area contributed by atoms with E-state index in [-0.39, 0.29) is 33.8 Å². The second-order valence-electron chi connectivity index (χ2n) is 4.63. The van der Waals surface area contributed by atoms with Gasteiger partial charge in [-0.15, -0.1) is 0 Å². The molecule has 1 fully saturated rings. The van der Waals surface area contributed by atoms with Gasteiger partial charge >= 0.3 is 0 Å². The largest absolute Gasteiger partial charge is 0.396 e. The minimum atomic E-state index is -0.625. The maximum atomic E-state index is 12.3. The van der Waals surface area contributed by atoms with E-state index in [0.29, 0.717) is 19.5 Å². The van der Waals surface area contributed by atoms with E-state index in [1.807, 2.05) is 0 Å². The first-order chi connectivity index (χ1) is 9.43. The first-order valence-corrected chi connectivity index (χ1v) is 6.73. The molecule has 1 aliphatic rings. The minimum Gasteiger partial charge on any atom is -0.396 e. The van der Waals surface area contributed by atoms with Crippen molar-refractivity contribution >= 4 is 34.8 Å². The Morgan fingerprint density at radius 3 is 2.75 bits per heavy atom. The fraction of sp³-hybridized carbons (Fsp3) is 0.417. The van der Waals surface area contributed by atoms with Crippen molar-refractivity contribution in [1.82, 2.24) is 4.90 Å². The minimum absolute atomic E-state index is 0.00715. The Balaban J connectivity index is 2.32. The topological polar surface area (TPSA) is 83.7 Å². The molecule has 1 atom stereocenters. The van der Waals surface area contributed by atoms with Gasteiger partial charge in [0.15, 0.2) is 0 Å². The molecule has 1 aromatic rings. The number of nitrogens with zero attached hydrogens (tertiary/aromatic N) is 2. The Hall–Kier alpha value is -1.37. The third kappa shape index (κ3) is 2.87. The van der Waals surface area contributed by atoms with Crippen molar-refractivity contribution in [3.05, 3.63) is 37.9 Å². The molecule has 0 bridgehead atoms. The van der Waals surface area contributed by atoms with Gasteiger partial charge in [0.2, 0.25) is 0 Å². The summed E-state index contributed by atoms with van der Waals surface area (Å²) in [6.45, 7) is 0.903. The van der Waals surface area contributed by atoms with Crippen LogP contribution in [0.5, 0.6) is 0 Å². The van der Waals surface area contributed by atoms with Crippen molar-refractivity contribution in [2.45, 2.75) is 6.42 Å². The van der Waals surface area contributed by atoms with Crippen molar-refractivity contribution in [3.8, 4) is 0 Å². The Labute approximate surface area is 125 Å². The van der Waals surface area contributed by atoms with Crippen LogP contribution in [0, 0.1) is 16.0 Å². The molecule has 0 saturated carbocycles. The van der Waals surface area contributed by atoms with Crippen molar-refractivity contribution in [2.24, 2.45) is 5.92 Å². The lowest BCUT2D eigenvalue weighted by atomic mass is 10.1. The summed E-state index contributed by atoms with van der Waals surface area (Å²) in [4.78, 5) is 24.0. The quantitative estimate of drug-likeness (QED) is 0.685. The van der Waals surface area contributed by atoms with Crippen LogP contribution in [0.4, 0.5) is 5.69 Å². The summed E-state index contributed by atoms with van der Waals surface area (Å²) in [5, 5.41) is 19.9. The number of aliphatic hydroxyl groups is 1. The van der Waals surface area contributed by atoms with Crippen molar-refractivity contribution in [1.29, 1.82) is 0 Å². The summed E-state index contributed by atoms with van der Waals surface area (Å²) in [6, 6.07) is 2.24. The number of likely N-dealkylation sites (tertiary alicyclic amines) is 1. The number of aliphatic hydroxyl groups excluding tert-OH is 1. The van der Waals surface area contributed by atoms with Gasteiger partial charge in [-0.2, -0.15) is 0 Å². The summed E-state index contributed by atoms with van der Waals surface area (Å²) in [7, 11) is 0. The Morgan fingerprint density at radius 1 is 1.50 bits per heavy atom. The molecule has 20 heavy (non-hydrogen) atoms. The van der Waals surface area contributed by atoms with E-state index in [2.05, 4.69) is 0 Å². The standard InChI is InChI=1S/C12H12Cl2N2O4/c13-10-4-8(16(19)20)3-9(11(10)14)12(18)15-2-1-7(5-15)6-17/h3-4,7,17H,1-2,5-6H2. The second-order valence-corrected chi connectivity index (χ2v) is 5.42. The predicted octanol–water partition coefficient (Wildman–Crippen LogP) is 2.36. The van der Waals surface area contributed by atoms with Crippen LogP contribution in [0.3, 0.4) is 0 Å². The van der Waals surface area contributed by atoms with Gasteiger partial charge < -0.3 is 10.0 Å². The molecular weight excluding hydrogens is 307 g/mol. The summed E-state index contributed by atoms with van der Waals surface area (Å²) >= 11 is 11.8. The van der Waals surface area contributed by atoms with Gasteiger partial charge in [0, 0.05) is 37.7 Å². The molecule has 1 aromatic carbocycles. The van der Waals surface area contributed by atoms with Gasteiger partial charge in [-0.1, -0.05) is 23.2 Å². The SMILES string of the molecule is O=C(c1cc([N+](=O)[O-])cc(Cl)c1Cl)N1CCC(CO)C1. The highest BCUT2D eigenvalue weighted by Gasteiger charge is 2.29. The van der Waals surface area contributed by atoms with Crippen LogP contribution in [-0.4, -0.2) is 40.5 Å². The molecular formula is C12H12Cl2N2O4. The zero-order valence-electron chi connectivity index (χ0n) is 10.4. The maximum absolute atomic E-state index is 12.3. The number of hydrogen-bond donors (Lipinski definition) is 1. The molecule has 0 spiro atoms. The molecule has 6 nitrogen and oxygen atoms in total. The number of benzene rings is 1. The lowest BCUT2D eigenvalue weighted by molar-refractivity contribution is -0.384. The van der Waals surface area contributed by atoms with E-state index in [9.17, 15) is 14.9 Å². The Morgan fingerprint density at radius 2 is 2.20 bits per heavy atom. The van der Waals surface area contributed by atoms with E-state index in [0.717, 1.165) is 12.1 Å². The number of carbonyl (C=O) groups excluding carboxylic acids is 1. The molecule has 0 aliphatic carbocycles. The summed E-state index contributed by atoms with van der Waals surface area (Å²) in [5.74, 6) is -0.372. The average molecular weight is 319 g/mol. The van der Waals surface area contributed by atoms with Crippen LogP contribution in [0.15, 0.2) is 12.1 Å². The van der Waals surface area contributed by atoms with Gasteiger partial charge in [0.05, 0.1) is 20.5 Å². The number of nitro benzene ring substituents is 1. The smallest absolute Gasteiger partial charge is 0.271 e. The monoisotopic (exact) mass is 318 g/mol. The second kappa shape index (κ2) is 5.95. The van der Waals surface area contributed by atoms with Crippen LogP contribution in [0.25, 0.3) is 0 Å². The van der Waals surface area contributed by atoms with Crippen LogP contribution in [-0.2, 0) is 0 Å². The van der Waals surface area contributed by atoms with Gasteiger partial charge in [0.25, 0.3) is 11.6 Å². The third-order valence-electron chi connectivity index (χ3n) is 3.29. The summed E-state index contributed by atoms with van der Waals surface area (Å²) < 4.78 is 0. The van der Waals surface area contributed by atoms with E-state index in [1.54, 1.807) is 0 Å².